The molecule has 0 fully saturated rings. The molecule has 0 amide bonds. The zero-order chi connectivity index (χ0) is 6.85. The molecule has 0 radical (unpaired) electrons. The Kier molecular flexibility index (Phi) is 1.81. The van der Waals surface area contributed by atoms with Crippen LogP contribution >= 0.6 is 11.8 Å². The molecule has 1 aliphatic heterocycles. The van der Waals surface area contributed by atoms with E-state index in [0.717, 1.165) is 22.8 Å². The van der Waals surface area contributed by atoms with Gasteiger partial charge in [-0.15, -0.1) is 11.8 Å². The number of hydrogen-bond donors (Lipinski definition) is 1. The number of hydrogen-bond acceptors (Lipinski definition) is 3. The third-order valence-corrected chi connectivity index (χ3v) is 2.48. The minimum Gasteiger partial charge on any atom is -0.401 e. The van der Waals surface area contributed by atoms with Crippen LogP contribution < -0.4 is 5.73 Å². The highest BCUT2D eigenvalue weighted by atomic mass is 32.2. The molecular weight excluding hydrogens is 134 g/mol. The van der Waals surface area contributed by atoms with Crippen molar-refractivity contribution in [3.63, 3.8) is 0 Å². The lowest BCUT2D eigenvalue weighted by atomic mass is 10.3. The van der Waals surface area contributed by atoms with Crippen molar-refractivity contribution in [3.05, 3.63) is 10.6 Å². The van der Waals surface area contributed by atoms with Gasteiger partial charge in [0.05, 0.1) is 4.91 Å². The van der Waals surface area contributed by atoms with Gasteiger partial charge in [0.25, 0.3) is 0 Å². The van der Waals surface area contributed by atoms with Crippen molar-refractivity contribution >= 4 is 17.5 Å². The van der Waals surface area contributed by atoms with E-state index in [9.17, 15) is 4.79 Å². The molecule has 9 heavy (non-hydrogen) atoms. The lowest BCUT2D eigenvalue weighted by molar-refractivity contribution is -0.113. The summed E-state index contributed by atoms with van der Waals surface area (Å²) in [6.45, 7) is 1.56. The first-order valence-corrected chi connectivity index (χ1v) is 3.82. The maximum atomic E-state index is 10.7. The molecule has 0 bridgehead atoms. The third-order valence-electron chi connectivity index (χ3n) is 1.23. The molecule has 0 aromatic heterocycles. The number of Topliss-reactive ketones (excluding diaryl/α,β-unsaturated/α-hetero) is 1. The van der Waals surface area contributed by atoms with Crippen LogP contribution in [-0.4, -0.2) is 11.5 Å². The Labute approximate surface area is 58.5 Å². The summed E-state index contributed by atoms with van der Waals surface area (Å²) in [6.07, 6.45) is 0.875. The van der Waals surface area contributed by atoms with Crippen LogP contribution in [0, 0.1) is 0 Å². The van der Waals surface area contributed by atoms with Crippen LogP contribution in [0.2, 0.25) is 0 Å². The van der Waals surface area contributed by atoms with Gasteiger partial charge < -0.3 is 5.73 Å². The first-order valence-electron chi connectivity index (χ1n) is 2.84. The first kappa shape index (κ1) is 6.68. The average molecular weight is 143 g/mol. The molecule has 0 aliphatic carbocycles. The molecule has 1 rings (SSSR count). The summed E-state index contributed by atoms with van der Waals surface area (Å²) < 4.78 is 0. The first-order chi connectivity index (χ1) is 4.22. The molecule has 1 aliphatic rings. The van der Waals surface area contributed by atoms with Gasteiger partial charge >= 0.3 is 0 Å². The van der Waals surface area contributed by atoms with Gasteiger partial charge in [0, 0.05) is 11.4 Å². The van der Waals surface area contributed by atoms with E-state index in [1.165, 1.54) is 0 Å². The van der Waals surface area contributed by atoms with Gasteiger partial charge in [-0.05, 0) is 13.3 Å². The fourth-order valence-electron chi connectivity index (χ4n) is 0.797. The zero-order valence-electron chi connectivity index (χ0n) is 5.31. The molecular formula is C6H9NOS. The van der Waals surface area contributed by atoms with Crippen molar-refractivity contribution in [2.24, 2.45) is 5.73 Å². The van der Waals surface area contributed by atoms with Crippen molar-refractivity contribution in [3.8, 4) is 0 Å². The lowest BCUT2D eigenvalue weighted by Gasteiger charge is -1.93. The van der Waals surface area contributed by atoms with Gasteiger partial charge in [0.2, 0.25) is 0 Å². The second-order valence-electron chi connectivity index (χ2n) is 2.01. The molecule has 2 nitrogen and oxygen atoms in total. The van der Waals surface area contributed by atoms with E-state index in [1.54, 1.807) is 18.7 Å². The molecule has 0 aromatic rings. The molecule has 0 atom stereocenters. The Morgan fingerprint density at radius 2 is 2.44 bits per heavy atom. The van der Waals surface area contributed by atoms with Gasteiger partial charge in [-0.3, -0.25) is 4.79 Å². The highest BCUT2D eigenvalue weighted by Crippen LogP contribution is 2.28. The van der Waals surface area contributed by atoms with Crippen LogP contribution in [0.5, 0.6) is 0 Å². The largest absolute Gasteiger partial charge is 0.401 e. The molecule has 0 aromatic carbocycles. The van der Waals surface area contributed by atoms with Gasteiger partial charge in [0.15, 0.2) is 5.78 Å². The molecule has 0 saturated carbocycles. The van der Waals surface area contributed by atoms with E-state index in [0.29, 0.717) is 0 Å². The maximum absolute atomic E-state index is 10.7. The average Bonchev–Trinajstić information content (AvgIpc) is 2.13. The van der Waals surface area contributed by atoms with Crippen LogP contribution in [0.3, 0.4) is 0 Å². The highest BCUT2D eigenvalue weighted by Gasteiger charge is 2.15. The minimum atomic E-state index is 0.106. The summed E-state index contributed by atoms with van der Waals surface area (Å²) in [5, 5.41) is 0. The fraction of sp³-hybridized carbons (Fsp3) is 0.500. The van der Waals surface area contributed by atoms with Crippen LogP contribution in [0.1, 0.15) is 13.3 Å². The maximum Gasteiger partial charge on any atom is 0.167 e. The van der Waals surface area contributed by atoms with E-state index < -0.39 is 0 Å². The Morgan fingerprint density at radius 1 is 1.78 bits per heavy atom. The Bertz CT molecular complexity index is 174. The molecule has 50 valence electrons. The second-order valence-corrected chi connectivity index (χ2v) is 3.11. The summed E-state index contributed by atoms with van der Waals surface area (Å²) in [4.78, 5) is 11.5. The predicted octanol–water partition coefficient (Wildman–Crippen LogP) is 0.883. The third kappa shape index (κ3) is 1.27. The van der Waals surface area contributed by atoms with Gasteiger partial charge in [-0.2, -0.15) is 0 Å². The predicted molar refractivity (Wildman–Crippen MR) is 39.0 cm³/mol. The number of carbonyl (C=O) groups is 1. The van der Waals surface area contributed by atoms with Crippen molar-refractivity contribution in [1.82, 2.24) is 0 Å². The van der Waals surface area contributed by atoms with E-state index in [4.69, 9.17) is 5.73 Å². The van der Waals surface area contributed by atoms with Gasteiger partial charge in [-0.1, -0.05) is 0 Å². The number of rotatable bonds is 1. The molecule has 0 unspecified atom stereocenters. The topological polar surface area (TPSA) is 43.1 Å². The monoisotopic (exact) mass is 143 g/mol. The van der Waals surface area contributed by atoms with E-state index in [2.05, 4.69) is 0 Å². The van der Waals surface area contributed by atoms with Crippen molar-refractivity contribution in [2.45, 2.75) is 13.3 Å². The second kappa shape index (κ2) is 2.43. The number of ketones is 1. The number of allylic oxidation sites excluding steroid dienone is 2. The summed E-state index contributed by atoms with van der Waals surface area (Å²) in [6, 6.07) is 0. The van der Waals surface area contributed by atoms with Gasteiger partial charge in [0.1, 0.15) is 0 Å². The summed E-state index contributed by atoms with van der Waals surface area (Å²) in [5.41, 5.74) is 6.29. The van der Waals surface area contributed by atoms with Crippen LogP contribution in [0.4, 0.5) is 0 Å². The van der Waals surface area contributed by atoms with Crippen molar-refractivity contribution in [1.29, 1.82) is 0 Å². The van der Waals surface area contributed by atoms with Crippen LogP contribution in [0.25, 0.3) is 0 Å². The van der Waals surface area contributed by atoms with Crippen molar-refractivity contribution < 1.29 is 4.79 Å². The summed E-state index contributed by atoms with van der Waals surface area (Å²) >= 11 is 1.56. The normalized spacial score (nSPS) is 18.8. The van der Waals surface area contributed by atoms with Crippen molar-refractivity contribution in [2.75, 3.05) is 5.75 Å². The Morgan fingerprint density at radius 3 is 2.67 bits per heavy atom. The quantitative estimate of drug-likeness (QED) is 0.592. The summed E-state index contributed by atoms with van der Waals surface area (Å²) in [7, 11) is 0. The highest BCUT2D eigenvalue weighted by molar-refractivity contribution is 8.04. The molecule has 0 spiro atoms. The minimum absolute atomic E-state index is 0.106. The molecule has 1 heterocycles. The fourth-order valence-corrected chi connectivity index (χ4v) is 1.81. The van der Waals surface area contributed by atoms with Crippen LogP contribution in [0.15, 0.2) is 10.6 Å². The zero-order valence-corrected chi connectivity index (χ0v) is 6.12. The van der Waals surface area contributed by atoms with E-state index >= 15 is 0 Å². The van der Waals surface area contributed by atoms with Gasteiger partial charge in [-0.25, -0.2) is 0 Å². The standard InChI is InChI=1S/C6H9NOS/c1-4(8)6-5(7)2-3-9-6/h2-3,7H2,1H3. The lowest BCUT2D eigenvalue weighted by Crippen LogP contribution is -2.00. The van der Waals surface area contributed by atoms with Crippen LogP contribution in [-0.2, 0) is 4.79 Å². The summed E-state index contributed by atoms with van der Waals surface area (Å²) in [5.74, 6) is 1.08. The smallest absolute Gasteiger partial charge is 0.167 e. The van der Waals surface area contributed by atoms with E-state index in [-0.39, 0.29) is 5.78 Å². The Balaban J connectivity index is 2.78. The number of nitrogens with two attached hydrogens (primary N) is 1. The number of thioether (sulfide) groups is 1. The number of carbonyl (C=O) groups excluding carboxylic acids is 1. The molecule has 2 N–H and O–H groups in total. The Hall–Kier alpha value is -0.440. The van der Waals surface area contributed by atoms with E-state index in [1.807, 2.05) is 0 Å². The SMILES string of the molecule is CC(=O)C1=C(N)CCS1. The molecule has 0 saturated heterocycles. The molecule has 3 heteroatoms.